The third-order valence-corrected chi connectivity index (χ3v) is 5.03. The maximum atomic E-state index is 2.27. The molecule has 1 unspecified atom stereocenters. The normalized spacial score (nSPS) is 24.3. The average Bonchev–Trinajstić information content (AvgIpc) is 1.84. The first-order valence-corrected chi connectivity index (χ1v) is 6.60. The number of rotatable bonds is 5. The van der Waals surface area contributed by atoms with Gasteiger partial charge in [0.2, 0.25) is 0 Å². The highest BCUT2D eigenvalue weighted by Gasteiger charge is 2.17. The lowest BCUT2D eigenvalue weighted by molar-refractivity contribution is 0.632. The van der Waals surface area contributed by atoms with Crippen LogP contribution in [0.3, 0.4) is 0 Å². The minimum Gasteiger partial charge on any atom is -0.0927 e. The van der Waals surface area contributed by atoms with Gasteiger partial charge in [0.1, 0.15) is 0 Å². The van der Waals surface area contributed by atoms with Crippen molar-refractivity contribution in [1.29, 1.82) is 0 Å². The monoisotopic (exact) mass is 176 g/mol. The number of hydrogen-bond acceptors (Lipinski definition) is 2. The number of hydrogen-bond donors (Lipinski definition) is 0. The Morgan fingerprint density at radius 3 is 2.60 bits per heavy atom. The predicted octanol–water partition coefficient (Wildman–Crippen LogP) is 3.72. The van der Waals surface area contributed by atoms with E-state index in [0.29, 0.717) is 0 Å². The highest BCUT2D eigenvalue weighted by atomic mass is 33.1. The number of unbranched alkanes of at least 4 members (excludes halogenated alkanes) is 3. The molecule has 1 aliphatic rings. The quantitative estimate of drug-likeness (QED) is 0.462. The van der Waals surface area contributed by atoms with Crippen molar-refractivity contribution in [1.82, 2.24) is 0 Å². The maximum absolute atomic E-state index is 2.27. The summed E-state index contributed by atoms with van der Waals surface area (Å²) in [6, 6.07) is 0. The molecule has 0 nitrogen and oxygen atoms in total. The Kier molecular flexibility index (Phi) is 4.72. The summed E-state index contributed by atoms with van der Waals surface area (Å²) in [6.07, 6.45) is 7.19. The summed E-state index contributed by atoms with van der Waals surface area (Å²) in [7, 11) is 4.11. The molecule has 1 saturated heterocycles. The van der Waals surface area contributed by atoms with Gasteiger partial charge < -0.3 is 0 Å². The van der Waals surface area contributed by atoms with E-state index >= 15 is 0 Å². The van der Waals surface area contributed by atoms with Crippen LogP contribution >= 0.6 is 21.6 Å². The summed E-state index contributed by atoms with van der Waals surface area (Å²) in [5.41, 5.74) is 0. The van der Waals surface area contributed by atoms with E-state index in [4.69, 9.17) is 0 Å². The van der Waals surface area contributed by atoms with Crippen molar-refractivity contribution >= 4 is 21.6 Å². The standard InChI is InChI=1S/C8H16S2/c1-2-3-4-5-6-8-7-9-10-8/h8H,2-7H2,1H3. The highest BCUT2D eigenvalue weighted by molar-refractivity contribution is 8.79. The van der Waals surface area contributed by atoms with E-state index in [0.717, 1.165) is 5.25 Å². The van der Waals surface area contributed by atoms with E-state index in [1.807, 2.05) is 10.8 Å². The molecular weight excluding hydrogens is 160 g/mol. The summed E-state index contributed by atoms with van der Waals surface area (Å²) in [5.74, 6) is 1.41. The maximum Gasteiger partial charge on any atom is 0.0250 e. The molecule has 0 spiro atoms. The predicted molar refractivity (Wildman–Crippen MR) is 52.6 cm³/mol. The molecule has 0 N–H and O–H groups in total. The van der Waals surface area contributed by atoms with E-state index in [1.165, 1.54) is 37.9 Å². The molecule has 0 amide bonds. The van der Waals surface area contributed by atoms with Gasteiger partial charge in [-0.3, -0.25) is 0 Å². The van der Waals surface area contributed by atoms with Crippen LogP contribution in [-0.2, 0) is 0 Å². The molecule has 0 aromatic carbocycles. The van der Waals surface area contributed by atoms with Crippen molar-refractivity contribution in [3.8, 4) is 0 Å². The van der Waals surface area contributed by atoms with Crippen LogP contribution in [0.1, 0.15) is 39.0 Å². The van der Waals surface area contributed by atoms with Crippen LogP contribution < -0.4 is 0 Å². The molecule has 1 aliphatic heterocycles. The molecule has 0 saturated carbocycles. The van der Waals surface area contributed by atoms with E-state index in [-0.39, 0.29) is 0 Å². The second-order valence-electron chi connectivity index (χ2n) is 2.85. The Hall–Kier alpha value is 0.700. The summed E-state index contributed by atoms with van der Waals surface area (Å²) in [4.78, 5) is 0. The van der Waals surface area contributed by atoms with Gasteiger partial charge in [0.15, 0.2) is 0 Å². The SMILES string of the molecule is CCCCCCC1CSS1. The highest BCUT2D eigenvalue weighted by Crippen LogP contribution is 2.42. The topological polar surface area (TPSA) is 0 Å². The summed E-state index contributed by atoms with van der Waals surface area (Å²) >= 11 is 0. The van der Waals surface area contributed by atoms with Crippen molar-refractivity contribution in [3.05, 3.63) is 0 Å². The molecule has 0 bridgehead atoms. The van der Waals surface area contributed by atoms with Crippen LogP contribution in [0.4, 0.5) is 0 Å². The van der Waals surface area contributed by atoms with Crippen LogP contribution in [0.5, 0.6) is 0 Å². The lowest BCUT2D eigenvalue weighted by atomic mass is 10.1. The zero-order chi connectivity index (χ0) is 7.23. The molecule has 2 heteroatoms. The molecule has 10 heavy (non-hydrogen) atoms. The fourth-order valence-corrected chi connectivity index (χ4v) is 3.13. The Labute approximate surface area is 71.9 Å². The van der Waals surface area contributed by atoms with Crippen LogP contribution in [0.2, 0.25) is 0 Å². The largest absolute Gasteiger partial charge is 0.0927 e. The van der Waals surface area contributed by atoms with Gasteiger partial charge in [0, 0.05) is 11.0 Å². The molecule has 1 atom stereocenters. The molecule has 1 fully saturated rings. The first kappa shape index (κ1) is 8.79. The van der Waals surface area contributed by atoms with E-state index in [1.54, 1.807) is 0 Å². The van der Waals surface area contributed by atoms with Gasteiger partial charge in [-0.05, 0) is 6.42 Å². The Bertz CT molecular complexity index is 79.3. The molecule has 1 heterocycles. The van der Waals surface area contributed by atoms with E-state index in [9.17, 15) is 0 Å². The van der Waals surface area contributed by atoms with Crippen LogP contribution in [-0.4, -0.2) is 11.0 Å². The average molecular weight is 176 g/mol. The second kappa shape index (κ2) is 5.36. The second-order valence-corrected chi connectivity index (χ2v) is 5.56. The van der Waals surface area contributed by atoms with Gasteiger partial charge >= 0.3 is 0 Å². The first-order chi connectivity index (χ1) is 4.93. The minimum atomic E-state index is 1.02. The molecule has 0 aromatic rings. The first-order valence-electron chi connectivity index (χ1n) is 4.21. The third-order valence-electron chi connectivity index (χ3n) is 1.84. The minimum absolute atomic E-state index is 1.02. The third kappa shape index (κ3) is 3.20. The van der Waals surface area contributed by atoms with Crippen molar-refractivity contribution in [2.75, 3.05) is 5.75 Å². The van der Waals surface area contributed by atoms with Gasteiger partial charge in [-0.2, -0.15) is 0 Å². The fraction of sp³-hybridized carbons (Fsp3) is 1.00. The summed E-state index contributed by atoms with van der Waals surface area (Å²) in [5, 5.41) is 1.02. The summed E-state index contributed by atoms with van der Waals surface area (Å²) < 4.78 is 0. The van der Waals surface area contributed by atoms with Crippen LogP contribution in [0, 0.1) is 0 Å². The van der Waals surface area contributed by atoms with Gasteiger partial charge in [0.05, 0.1) is 0 Å². The van der Waals surface area contributed by atoms with Crippen LogP contribution in [0.25, 0.3) is 0 Å². The molecule has 0 aliphatic carbocycles. The van der Waals surface area contributed by atoms with Gasteiger partial charge in [-0.1, -0.05) is 54.2 Å². The Balaban J connectivity index is 1.76. The Morgan fingerprint density at radius 2 is 2.10 bits per heavy atom. The van der Waals surface area contributed by atoms with Gasteiger partial charge in [-0.25, -0.2) is 0 Å². The molecule has 1 rings (SSSR count). The van der Waals surface area contributed by atoms with Crippen molar-refractivity contribution in [3.63, 3.8) is 0 Å². The molecule has 0 radical (unpaired) electrons. The zero-order valence-electron chi connectivity index (χ0n) is 6.64. The van der Waals surface area contributed by atoms with Gasteiger partial charge in [-0.15, -0.1) is 0 Å². The van der Waals surface area contributed by atoms with Crippen LogP contribution in [0.15, 0.2) is 0 Å². The molecule has 0 aromatic heterocycles. The molecular formula is C8H16S2. The van der Waals surface area contributed by atoms with Crippen molar-refractivity contribution in [2.24, 2.45) is 0 Å². The zero-order valence-corrected chi connectivity index (χ0v) is 8.27. The lowest BCUT2D eigenvalue weighted by Crippen LogP contribution is -2.11. The van der Waals surface area contributed by atoms with E-state index in [2.05, 4.69) is 17.7 Å². The lowest BCUT2D eigenvalue weighted by Gasteiger charge is -2.23. The van der Waals surface area contributed by atoms with Gasteiger partial charge in [0.25, 0.3) is 0 Å². The van der Waals surface area contributed by atoms with E-state index < -0.39 is 0 Å². The van der Waals surface area contributed by atoms with Crippen molar-refractivity contribution in [2.45, 2.75) is 44.3 Å². The van der Waals surface area contributed by atoms with Crippen molar-refractivity contribution < 1.29 is 0 Å². The smallest absolute Gasteiger partial charge is 0.0250 e. The fourth-order valence-electron chi connectivity index (χ4n) is 1.09. The summed E-state index contributed by atoms with van der Waals surface area (Å²) in [6.45, 7) is 2.27. The Morgan fingerprint density at radius 1 is 1.30 bits per heavy atom. The molecule has 60 valence electrons.